The van der Waals surface area contributed by atoms with Crippen molar-refractivity contribution in [3.8, 4) is 0 Å². The number of ether oxygens (including phenoxy) is 1. The van der Waals surface area contributed by atoms with E-state index in [0.29, 0.717) is 6.04 Å². The van der Waals surface area contributed by atoms with Gasteiger partial charge in [-0.3, -0.25) is 19.2 Å². The van der Waals surface area contributed by atoms with Gasteiger partial charge in [0, 0.05) is 57.7 Å². The molecule has 13 nitrogen and oxygen atoms in total. The average Bonchev–Trinajstić information content (AvgIpc) is 3.79. The third kappa shape index (κ3) is 13.9. The summed E-state index contributed by atoms with van der Waals surface area (Å²) in [4.78, 5) is 44.2. The van der Waals surface area contributed by atoms with Gasteiger partial charge in [-0.05, 0) is 49.9 Å². The third-order valence-corrected chi connectivity index (χ3v) is 7.99. The summed E-state index contributed by atoms with van der Waals surface area (Å²) in [6.07, 6.45) is -10.2. The van der Waals surface area contributed by atoms with Gasteiger partial charge in [-0.2, -0.15) is 39.5 Å². The summed E-state index contributed by atoms with van der Waals surface area (Å²) in [5, 5.41) is 21.4. The standard InChI is InChI=1S/C26H34N6O.3C2HF3O2/c1-20-4-2-5-22(27-20)17-29-10-11-31(16-21-8-9-21)24(19-29)23-18-32-25(28-23)6-3-7-26(32)30-12-14-33-15-13-30;3*3-2(4,5)1(6)7/h2-7,18,21,24H,8-17,19H2,1H3;3*(H,6,7). The maximum absolute atomic E-state index is 10.6. The highest BCUT2D eigenvalue weighted by Gasteiger charge is 2.40. The first-order valence-corrected chi connectivity index (χ1v) is 16.2. The van der Waals surface area contributed by atoms with Crippen LogP contribution in [0.15, 0.2) is 42.6 Å². The Bertz CT molecular complexity index is 1650. The molecule has 3 aromatic heterocycles. The minimum absolute atomic E-state index is 0.321. The third-order valence-electron chi connectivity index (χ3n) is 7.99. The van der Waals surface area contributed by atoms with Crippen LogP contribution < -0.4 is 4.90 Å². The molecule has 0 radical (unpaired) electrons. The molecule has 0 aromatic carbocycles. The predicted octanol–water partition coefficient (Wildman–Crippen LogP) is 5.04. The van der Waals surface area contributed by atoms with Crippen LogP contribution in [0.5, 0.6) is 0 Å². The van der Waals surface area contributed by atoms with Crippen LogP contribution in [0.25, 0.3) is 5.65 Å². The highest BCUT2D eigenvalue weighted by Crippen LogP contribution is 2.35. The van der Waals surface area contributed by atoms with Crippen LogP contribution in [0.2, 0.25) is 0 Å². The molecule has 3 aromatic rings. The summed E-state index contributed by atoms with van der Waals surface area (Å²) in [6.45, 7) is 10.8. The Morgan fingerprint density at radius 3 is 1.81 bits per heavy atom. The van der Waals surface area contributed by atoms with Crippen LogP contribution in [-0.4, -0.2) is 128 Å². The second kappa shape index (κ2) is 18.6. The number of rotatable bonds is 6. The van der Waals surface area contributed by atoms with E-state index < -0.39 is 36.4 Å². The van der Waals surface area contributed by atoms with E-state index in [1.165, 1.54) is 30.9 Å². The molecule has 0 spiro atoms. The van der Waals surface area contributed by atoms with Crippen molar-refractivity contribution in [2.75, 3.05) is 57.4 Å². The van der Waals surface area contributed by atoms with Gasteiger partial charge in [0.15, 0.2) is 0 Å². The summed E-state index contributed by atoms with van der Waals surface area (Å²) in [6, 6.07) is 13.1. The fourth-order valence-electron chi connectivity index (χ4n) is 5.29. The van der Waals surface area contributed by atoms with Crippen molar-refractivity contribution in [1.29, 1.82) is 0 Å². The Kier molecular flexibility index (Phi) is 15.0. The van der Waals surface area contributed by atoms with E-state index in [-0.39, 0.29) is 0 Å². The molecular formula is C32H37F9N6O7. The molecule has 0 bridgehead atoms. The van der Waals surface area contributed by atoms with Gasteiger partial charge in [0.2, 0.25) is 0 Å². The van der Waals surface area contributed by atoms with Gasteiger partial charge in [-0.1, -0.05) is 12.1 Å². The van der Waals surface area contributed by atoms with Crippen LogP contribution in [0, 0.1) is 12.8 Å². The first-order valence-electron chi connectivity index (χ1n) is 16.2. The smallest absolute Gasteiger partial charge is 0.475 e. The summed E-state index contributed by atoms with van der Waals surface area (Å²) < 4.78 is 103. The molecule has 3 aliphatic rings. The van der Waals surface area contributed by atoms with Gasteiger partial charge >= 0.3 is 36.4 Å². The lowest BCUT2D eigenvalue weighted by Gasteiger charge is -2.40. The number of fused-ring (bicyclic) bond motifs is 1. The van der Waals surface area contributed by atoms with Crippen molar-refractivity contribution in [3.63, 3.8) is 0 Å². The summed E-state index contributed by atoms with van der Waals surface area (Å²) >= 11 is 0. The Balaban J connectivity index is 0.000000307. The lowest BCUT2D eigenvalue weighted by molar-refractivity contribution is -0.193. The van der Waals surface area contributed by atoms with E-state index in [0.717, 1.165) is 75.4 Å². The van der Waals surface area contributed by atoms with E-state index >= 15 is 0 Å². The number of morpholine rings is 1. The Labute approximate surface area is 301 Å². The van der Waals surface area contributed by atoms with Crippen molar-refractivity contribution >= 4 is 29.4 Å². The number of aryl methyl sites for hydroxylation is 1. The topological polar surface area (TPSA) is 161 Å². The fraction of sp³-hybridized carbons (Fsp3) is 0.531. The summed E-state index contributed by atoms with van der Waals surface area (Å²) in [7, 11) is 0. The molecule has 22 heteroatoms. The number of anilines is 1. The lowest BCUT2D eigenvalue weighted by atomic mass is 10.1. The number of carboxylic acids is 3. The first kappa shape index (κ1) is 43.7. The largest absolute Gasteiger partial charge is 0.490 e. The average molecular weight is 789 g/mol. The molecule has 300 valence electrons. The van der Waals surface area contributed by atoms with E-state index in [4.69, 9.17) is 44.4 Å². The molecule has 2 saturated heterocycles. The maximum atomic E-state index is 10.6. The van der Waals surface area contributed by atoms with Crippen molar-refractivity contribution < 1.29 is 74.0 Å². The molecule has 1 unspecified atom stereocenters. The fourth-order valence-corrected chi connectivity index (χ4v) is 5.29. The molecule has 3 fully saturated rings. The summed E-state index contributed by atoms with van der Waals surface area (Å²) in [5.41, 5.74) is 4.48. The van der Waals surface area contributed by atoms with E-state index in [1.807, 2.05) is 0 Å². The Morgan fingerprint density at radius 2 is 1.31 bits per heavy atom. The molecular weight excluding hydrogens is 751 g/mol. The normalized spacial score (nSPS) is 18.3. The Morgan fingerprint density at radius 1 is 0.778 bits per heavy atom. The van der Waals surface area contributed by atoms with Gasteiger partial charge in [-0.15, -0.1) is 0 Å². The number of aliphatic carboxylic acids is 3. The molecule has 54 heavy (non-hydrogen) atoms. The number of piperazine rings is 1. The van der Waals surface area contributed by atoms with Crippen LogP contribution in [0.4, 0.5) is 45.3 Å². The van der Waals surface area contributed by atoms with Crippen LogP contribution >= 0.6 is 0 Å². The van der Waals surface area contributed by atoms with Crippen molar-refractivity contribution in [2.45, 2.75) is 50.9 Å². The minimum Gasteiger partial charge on any atom is -0.475 e. The van der Waals surface area contributed by atoms with E-state index in [1.54, 1.807) is 0 Å². The minimum atomic E-state index is -5.08. The van der Waals surface area contributed by atoms with Crippen molar-refractivity contribution in [2.24, 2.45) is 5.92 Å². The number of carboxylic acid groups (broad SMARTS) is 3. The maximum Gasteiger partial charge on any atom is 0.490 e. The number of alkyl halides is 9. The van der Waals surface area contributed by atoms with E-state index in [9.17, 15) is 39.5 Å². The first-order chi connectivity index (χ1) is 25.1. The van der Waals surface area contributed by atoms with Crippen molar-refractivity contribution in [1.82, 2.24) is 24.2 Å². The van der Waals surface area contributed by atoms with Crippen molar-refractivity contribution in [3.05, 3.63) is 59.7 Å². The SMILES string of the molecule is Cc1cccc(CN2CCN(CC3CC3)C(c3cn4c(N5CCOCC5)cccc4n3)C2)n1.O=C(O)C(F)(F)F.O=C(O)C(F)(F)F.O=C(O)C(F)(F)F. The summed E-state index contributed by atoms with van der Waals surface area (Å²) in [5.74, 6) is -6.18. The number of pyridine rings is 2. The van der Waals surface area contributed by atoms with Crippen LogP contribution in [0.3, 0.4) is 0 Å². The molecule has 6 rings (SSSR count). The van der Waals surface area contributed by atoms with Crippen LogP contribution in [-0.2, 0) is 25.7 Å². The zero-order chi connectivity index (χ0) is 40.4. The molecule has 1 saturated carbocycles. The predicted molar refractivity (Wildman–Crippen MR) is 171 cm³/mol. The van der Waals surface area contributed by atoms with Gasteiger partial charge in [0.25, 0.3) is 0 Å². The Hall–Kier alpha value is -4.70. The molecule has 2 aliphatic heterocycles. The highest BCUT2D eigenvalue weighted by molar-refractivity contribution is 5.73. The molecule has 5 heterocycles. The monoisotopic (exact) mass is 788 g/mol. The quantitative estimate of drug-likeness (QED) is 0.286. The number of carbonyl (C=O) groups is 3. The highest BCUT2D eigenvalue weighted by atomic mass is 19.4. The number of halogens is 9. The number of nitrogens with zero attached hydrogens (tertiary/aromatic N) is 6. The second-order valence-corrected chi connectivity index (χ2v) is 12.2. The molecule has 3 N–H and O–H groups in total. The molecule has 1 atom stereocenters. The molecule has 0 amide bonds. The van der Waals surface area contributed by atoms with Gasteiger partial charge in [0.05, 0.1) is 30.6 Å². The number of imidazole rings is 1. The zero-order valence-electron chi connectivity index (χ0n) is 28.5. The van der Waals surface area contributed by atoms with E-state index in [2.05, 4.69) is 68.6 Å². The zero-order valence-corrected chi connectivity index (χ0v) is 28.5. The second-order valence-electron chi connectivity index (χ2n) is 12.2. The van der Waals surface area contributed by atoms with Gasteiger partial charge < -0.3 is 25.0 Å². The molecule has 1 aliphatic carbocycles. The number of hydrogen-bond acceptors (Lipinski definition) is 9. The van der Waals surface area contributed by atoms with Crippen LogP contribution in [0.1, 0.15) is 36.0 Å². The van der Waals surface area contributed by atoms with Gasteiger partial charge in [-0.25, -0.2) is 19.4 Å². The van der Waals surface area contributed by atoms with Gasteiger partial charge in [0.1, 0.15) is 11.5 Å². The number of aromatic nitrogens is 3. The lowest BCUT2D eigenvalue weighted by Crippen LogP contribution is -2.48. The number of hydrogen-bond donors (Lipinski definition) is 3.